The van der Waals surface area contributed by atoms with Gasteiger partial charge in [-0.2, -0.15) is 0 Å². The molecule has 0 amide bonds. The van der Waals surface area contributed by atoms with E-state index in [2.05, 4.69) is 0 Å². The Morgan fingerprint density at radius 1 is 0.545 bits per heavy atom. The lowest BCUT2D eigenvalue weighted by atomic mass is 10.1. The summed E-state index contributed by atoms with van der Waals surface area (Å²) in [4.78, 5) is 2.04. The smallest absolute Gasteiger partial charge is 0.151 e. The average Bonchev–Trinajstić information content (AvgIpc) is 2.76. The summed E-state index contributed by atoms with van der Waals surface area (Å²) in [5.74, 6) is 1.72. The summed E-state index contributed by atoms with van der Waals surface area (Å²) in [5, 5.41) is 30.2. The summed E-state index contributed by atoms with van der Waals surface area (Å²) in [6.45, 7) is 7.66. The van der Waals surface area contributed by atoms with Crippen molar-refractivity contribution in [2.75, 3.05) is 4.90 Å². The molecule has 5 nitrogen and oxygen atoms in total. The Hall–Kier alpha value is -4.12. The Morgan fingerprint density at radius 2 is 1.12 bits per heavy atom. The van der Waals surface area contributed by atoms with Crippen LogP contribution in [0.15, 0.2) is 72.8 Å². The molecule has 0 spiro atoms. The van der Waals surface area contributed by atoms with Crippen LogP contribution in [0.2, 0.25) is 0 Å². The van der Waals surface area contributed by atoms with Gasteiger partial charge in [-0.1, -0.05) is 12.1 Å². The minimum absolute atomic E-state index is 0.175. The van der Waals surface area contributed by atoms with Gasteiger partial charge in [0.1, 0.15) is 23.0 Å². The molecule has 0 saturated heterocycles. The number of benzene rings is 4. The minimum Gasteiger partial charge on any atom is -0.508 e. The van der Waals surface area contributed by atoms with Gasteiger partial charge in [0, 0.05) is 17.4 Å². The topological polar surface area (TPSA) is 73.2 Å². The Labute approximate surface area is 193 Å². The number of aryl methyl sites for hydroxylation is 4. The highest BCUT2D eigenvalue weighted by Crippen LogP contribution is 2.45. The van der Waals surface area contributed by atoms with E-state index in [1.807, 2.05) is 75.1 Å². The van der Waals surface area contributed by atoms with Crippen LogP contribution in [0.1, 0.15) is 22.3 Å². The largest absolute Gasteiger partial charge is 0.508 e. The van der Waals surface area contributed by atoms with E-state index in [0.29, 0.717) is 11.5 Å². The number of hydrogen-bond donors (Lipinski definition) is 3. The molecule has 5 heteroatoms. The fourth-order valence-electron chi connectivity index (χ4n) is 3.95. The molecule has 0 aromatic heterocycles. The fraction of sp³-hybridized carbons (Fsp3) is 0.143. The quantitative estimate of drug-likeness (QED) is 0.303. The Bertz CT molecular complexity index is 1280. The van der Waals surface area contributed by atoms with Crippen molar-refractivity contribution in [3.63, 3.8) is 0 Å². The molecule has 4 rings (SSSR count). The highest BCUT2D eigenvalue weighted by molar-refractivity contribution is 5.83. The van der Waals surface area contributed by atoms with E-state index < -0.39 is 0 Å². The molecule has 0 aliphatic carbocycles. The lowest BCUT2D eigenvalue weighted by Gasteiger charge is -2.30. The fourth-order valence-corrected chi connectivity index (χ4v) is 3.95. The van der Waals surface area contributed by atoms with E-state index in [4.69, 9.17) is 4.74 Å². The van der Waals surface area contributed by atoms with Crippen LogP contribution < -0.4 is 9.64 Å². The van der Waals surface area contributed by atoms with Crippen molar-refractivity contribution in [1.29, 1.82) is 0 Å². The van der Waals surface area contributed by atoms with E-state index in [1.165, 1.54) is 0 Å². The van der Waals surface area contributed by atoms with Gasteiger partial charge in [-0.05, 0) is 105 Å². The van der Waals surface area contributed by atoms with Gasteiger partial charge in [-0.15, -0.1) is 0 Å². The van der Waals surface area contributed by atoms with Crippen molar-refractivity contribution in [2.45, 2.75) is 27.7 Å². The van der Waals surface area contributed by atoms with E-state index in [-0.39, 0.29) is 17.2 Å². The van der Waals surface area contributed by atoms with Crippen LogP contribution >= 0.6 is 0 Å². The van der Waals surface area contributed by atoms with Gasteiger partial charge in [0.15, 0.2) is 5.75 Å². The molecular weight excluding hydrogens is 414 g/mol. The summed E-state index contributed by atoms with van der Waals surface area (Å²) in [7, 11) is 0. The number of aromatic hydroxyl groups is 3. The van der Waals surface area contributed by atoms with E-state index >= 15 is 0 Å². The zero-order chi connectivity index (χ0) is 23.7. The second-order valence-corrected chi connectivity index (χ2v) is 8.25. The number of ether oxygens (including phenoxy) is 1. The van der Waals surface area contributed by atoms with Crippen LogP contribution in [0, 0.1) is 27.7 Å². The third kappa shape index (κ3) is 4.44. The number of nitrogens with zero attached hydrogens (tertiary/aromatic N) is 1. The van der Waals surface area contributed by atoms with E-state index in [0.717, 1.165) is 39.3 Å². The molecule has 0 radical (unpaired) electrons. The maximum absolute atomic E-state index is 10.2. The van der Waals surface area contributed by atoms with E-state index in [1.54, 1.807) is 30.3 Å². The predicted molar refractivity (Wildman–Crippen MR) is 132 cm³/mol. The highest BCUT2D eigenvalue weighted by atomic mass is 16.5. The lowest BCUT2D eigenvalue weighted by Crippen LogP contribution is -2.13. The standard InChI is InChI=1S/C28H27NO4/c1-17-14-21(30)9-11-23(17)29(24-12-10-22(31)15-18(24)2)25-7-5-6-8-27(25)33-28-16-26(32)19(3)13-20(28)4/h5-16,30-32H,1-4H3. The van der Waals surface area contributed by atoms with Crippen molar-refractivity contribution in [1.82, 2.24) is 0 Å². The van der Waals surface area contributed by atoms with Crippen molar-refractivity contribution >= 4 is 17.1 Å². The molecule has 33 heavy (non-hydrogen) atoms. The third-order valence-corrected chi connectivity index (χ3v) is 5.66. The number of hydrogen-bond acceptors (Lipinski definition) is 5. The Morgan fingerprint density at radius 3 is 1.70 bits per heavy atom. The first-order valence-corrected chi connectivity index (χ1v) is 10.7. The number of anilines is 3. The summed E-state index contributed by atoms with van der Waals surface area (Å²) < 4.78 is 6.33. The van der Waals surface area contributed by atoms with Crippen LogP contribution in [0.25, 0.3) is 0 Å². The summed E-state index contributed by atoms with van der Waals surface area (Å²) in [6, 6.07) is 21.6. The van der Waals surface area contributed by atoms with E-state index in [9.17, 15) is 15.3 Å². The van der Waals surface area contributed by atoms with Crippen LogP contribution in [0.5, 0.6) is 28.7 Å². The molecule has 0 unspecified atom stereocenters. The molecule has 0 fully saturated rings. The van der Waals surface area contributed by atoms with Crippen LogP contribution in [-0.2, 0) is 0 Å². The van der Waals surface area contributed by atoms with Crippen molar-refractivity contribution in [3.8, 4) is 28.7 Å². The zero-order valence-electron chi connectivity index (χ0n) is 19.1. The monoisotopic (exact) mass is 441 g/mol. The van der Waals surface area contributed by atoms with Crippen LogP contribution in [0.4, 0.5) is 17.1 Å². The molecular formula is C28H27NO4. The average molecular weight is 442 g/mol. The van der Waals surface area contributed by atoms with Gasteiger partial charge in [-0.25, -0.2) is 0 Å². The number of rotatable bonds is 5. The lowest BCUT2D eigenvalue weighted by molar-refractivity contribution is 0.450. The summed E-state index contributed by atoms with van der Waals surface area (Å²) in [5.41, 5.74) is 5.95. The van der Waals surface area contributed by atoms with Crippen molar-refractivity contribution < 1.29 is 20.1 Å². The number of para-hydroxylation sites is 2. The molecule has 0 bridgehead atoms. The third-order valence-electron chi connectivity index (χ3n) is 5.66. The molecule has 0 aliphatic heterocycles. The maximum Gasteiger partial charge on any atom is 0.151 e. The summed E-state index contributed by atoms with van der Waals surface area (Å²) >= 11 is 0. The zero-order valence-corrected chi connectivity index (χ0v) is 19.1. The van der Waals surface area contributed by atoms with Gasteiger partial charge < -0.3 is 25.0 Å². The van der Waals surface area contributed by atoms with Crippen molar-refractivity contribution in [3.05, 3.63) is 95.1 Å². The molecule has 4 aromatic carbocycles. The maximum atomic E-state index is 10.2. The van der Waals surface area contributed by atoms with Gasteiger partial charge in [-0.3, -0.25) is 0 Å². The molecule has 0 heterocycles. The summed E-state index contributed by atoms with van der Waals surface area (Å²) in [6.07, 6.45) is 0. The first kappa shape index (κ1) is 22.1. The van der Waals surface area contributed by atoms with Gasteiger partial charge in [0.25, 0.3) is 0 Å². The molecule has 0 aliphatic rings. The number of phenols is 3. The number of phenolic OH excluding ortho intramolecular Hbond substituents is 3. The minimum atomic E-state index is 0.175. The Balaban J connectivity index is 1.91. The normalized spacial score (nSPS) is 10.8. The van der Waals surface area contributed by atoms with Crippen LogP contribution in [0.3, 0.4) is 0 Å². The van der Waals surface area contributed by atoms with Gasteiger partial charge in [0.2, 0.25) is 0 Å². The van der Waals surface area contributed by atoms with Crippen LogP contribution in [-0.4, -0.2) is 15.3 Å². The molecule has 0 atom stereocenters. The Kier molecular flexibility index (Phi) is 5.88. The SMILES string of the molecule is Cc1cc(C)c(Oc2ccccc2N(c2ccc(O)cc2C)c2ccc(O)cc2C)cc1O. The van der Waals surface area contributed by atoms with Gasteiger partial charge >= 0.3 is 0 Å². The molecule has 4 aromatic rings. The first-order chi connectivity index (χ1) is 15.7. The molecule has 168 valence electrons. The second kappa shape index (κ2) is 8.79. The molecule has 0 saturated carbocycles. The predicted octanol–water partition coefficient (Wildman–Crippen LogP) is 7.30. The van der Waals surface area contributed by atoms with Gasteiger partial charge in [0.05, 0.1) is 5.69 Å². The second-order valence-electron chi connectivity index (χ2n) is 8.25. The highest BCUT2D eigenvalue weighted by Gasteiger charge is 2.21. The molecule has 3 N–H and O–H groups in total. The first-order valence-electron chi connectivity index (χ1n) is 10.7. The van der Waals surface area contributed by atoms with Crippen molar-refractivity contribution in [2.24, 2.45) is 0 Å².